The lowest BCUT2D eigenvalue weighted by molar-refractivity contribution is 0.0240. The molecule has 2 heterocycles. The Hall–Kier alpha value is -2.83. The SMILES string of the molecule is CC(C)Oc1ccc(-c2ccnc(N3CCN(C(=O)OC(C)(C)C)CC3)n2)cc1C(C)C. The Morgan fingerprint density at radius 1 is 1.03 bits per heavy atom. The van der Waals surface area contributed by atoms with Crippen molar-refractivity contribution in [2.45, 2.75) is 66.1 Å². The third-order valence-electron chi connectivity index (χ3n) is 5.15. The maximum atomic E-state index is 12.3. The van der Waals surface area contributed by atoms with Crippen molar-refractivity contribution < 1.29 is 14.3 Å². The van der Waals surface area contributed by atoms with E-state index >= 15 is 0 Å². The molecule has 1 aromatic carbocycles. The summed E-state index contributed by atoms with van der Waals surface area (Å²) in [7, 11) is 0. The number of hydrogen-bond donors (Lipinski definition) is 0. The first kappa shape index (κ1) is 23.8. The average molecular weight is 441 g/mol. The summed E-state index contributed by atoms with van der Waals surface area (Å²) in [6.45, 7) is 16.6. The second kappa shape index (κ2) is 9.76. The quantitative estimate of drug-likeness (QED) is 0.643. The fraction of sp³-hybridized carbons (Fsp3) is 0.560. The van der Waals surface area contributed by atoms with Gasteiger partial charge in [-0.3, -0.25) is 0 Å². The number of amides is 1. The highest BCUT2D eigenvalue weighted by Gasteiger charge is 2.27. The number of benzene rings is 1. The summed E-state index contributed by atoms with van der Waals surface area (Å²) in [5.74, 6) is 1.94. The standard InChI is InChI=1S/C25H36N4O3/c1-17(2)20-16-19(8-9-22(20)31-18(3)4)21-10-11-26-23(27-21)28-12-14-29(15-13-28)24(30)32-25(5,6)7/h8-11,16-18H,12-15H2,1-7H3. The van der Waals surface area contributed by atoms with E-state index in [4.69, 9.17) is 14.5 Å². The largest absolute Gasteiger partial charge is 0.491 e. The molecule has 1 amide bonds. The molecule has 1 aliphatic rings. The first-order valence-corrected chi connectivity index (χ1v) is 11.4. The molecule has 32 heavy (non-hydrogen) atoms. The minimum absolute atomic E-state index is 0.128. The molecule has 7 nitrogen and oxygen atoms in total. The molecule has 7 heteroatoms. The Balaban J connectivity index is 1.74. The Morgan fingerprint density at radius 2 is 1.72 bits per heavy atom. The minimum Gasteiger partial charge on any atom is -0.491 e. The molecule has 1 aromatic heterocycles. The highest BCUT2D eigenvalue weighted by molar-refractivity contribution is 5.68. The molecular weight excluding hydrogens is 404 g/mol. The minimum atomic E-state index is -0.490. The van der Waals surface area contributed by atoms with Crippen LogP contribution in [0, 0.1) is 0 Å². The summed E-state index contributed by atoms with van der Waals surface area (Å²) in [6, 6.07) is 8.18. The van der Waals surface area contributed by atoms with Gasteiger partial charge in [0.05, 0.1) is 11.8 Å². The summed E-state index contributed by atoms with van der Waals surface area (Å²) in [5.41, 5.74) is 2.60. The van der Waals surface area contributed by atoms with Crippen LogP contribution in [0.15, 0.2) is 30.5 Å². The Kier molecular flexibility index (Phi) is 7.26. The van der Waals surface area contributed by atoms with Crippen LogP contribution >= 0.6 is 0 Å². The molecule has 0 aliphatic carbocycles. The molecule has 1 aliphatic heterocycles. The average Bonchev–Trinajstić information content (AvgIpc) is 2.72. The van der Waals surface area contributed by atoms with Gasteiger partial charge in [-0.05, 0) is 70.4 Å². The number of carbonyl (C=O) groups excluding carboxylic acids is 1. The van der Waals surface area contributed by atoms with Crippen LogP contribution in [0.1, 0.15) is 59.9 Å². The summed E-state index contributed by atoms with van der Waals surface area (Å²) in [4.78, 5) is 25.5. The lowest BCUT2D eigenvalue weighted by Crippen LogP contribution is -2.50. The number of aromatic nitrogens is 2. The van der Waals surface area contributed by atoms with E-state index in [1.54, 1.807) is 11.1 Å². The molecular formula is C25H36N4O3. The van der Waals surface area contributed by atoms with Crippen LogP contribution in [0.3, 0.4) is 0 Å². The van der Waals surface area contributed by atoms with E-state index in [0.717, 1.165) is 17.0 Å². The van der Waals surface area contributed by atoms with Crippen LogP contribution in [-0.2, 0) is 4.74 Å². The molecule has 3 rings (SSSR count). The van der Waals surface area contributed by atoms with E-state index in [1.165, 1.54) is 5.56 Å². The van der Waals surface area contributed by atoms with Gasteiger partial charge in [0.25, 0.3) is 0 Å². The topological polar surface area (TPSA) is 67.8 Å². The second-order valence-electron chi connectivity index (χ2n) is 9.77. The van der Waals surface area contributed by atoms with E-state index in [2.05, 4.69) is 35.9 Å². The zero-order valence-corrected chi connectivity index (χ0v) is 20.4. The van der Waals surface area contributed by atoms with Crippen molar-refractivity contribution in [2.24, 2.45) is 0 Å². The Morgan fingerprint density at radius 3 is 2.31 bits per heavy atom. The predicted octanol–water partition coefficient (Wildman–Crippen LogP) is 5.11. The summed E-state index contributed by atoms with van der Waals surface area (Å²) < 4.78 is 11.5. The van der Waals surface area contributed by atoms with E-state index < -0.39 is 5.60 Å². The number of nitrogens with zero attached hydrogens (tertiary/aromatic N) is 4. The van der Waals surface area contributed by atoms with E-state index in [-0.39, 0.29) is 12.2 Å². The van der Waals surface area contributed by atoms with Crippen molar-refractivity contribution in [1.82, 2.24) is 14.9 Å². The van der Waals surface area contributed by atoms with Gasteiger partial charge >= 0.3 is 6.09 Å². The van der Waals surface area contributed by atoms with Gasteiger partial charge in [-0.1, -0.05) is 13.8 Å². The lowest BCUT2D eigenvalue weighted by atomic mass is 9.98. The molecule has 0 spiro atoms. The molecule has 0 radical (unpaired) electrons. The molecule has 0 atom stereocenters. The van der Waals surface area contributed by atoms with Crippen molar-refractivity contribution >= 4 is 12.0 Å². The number of piperazine rings is 1. The first-order chi connectivity index (χ1) is 15.0. The fourth-order valence-corrected chi connectivity index (χ4v) is 3.60. The molecule has 1 fully saturated rings. The predicted molar refractivity (Wildman–Crippen MR) is 127 cm³/mol. The number of rotatable bonds is 5. The van der Waals surface area contributed by atoms with E-state index in [0.29, 0.717) is 38.0 Å². The van der Waals surface area contributed by atoms with Gasteiger partial charge in [0.15, 0.2) is 0 Å². The fourth-order valence-electron chi connectivity index (χ4n) is 3.60. The van der Waals surface area contributed by atoms with Gasteiger partial charge in [-0.2, -0.15) is 0 Å². The maximum absolute atomic E-state index is 12.3. The molecule has 174 valence electrons. The van der Waals surface area contributed by atoms with Crippen molar-refractivity contribution in [3.8, 4) is 17.0 Å². The number of anilines is 1. The highest BCUT2D eigenvalue weighted by Crippen LogP contribution is 2.32. The number of hydrogen-bond acceptors (Lipinski definition) is 6. The van der Waals surface area contributed by atoms with Gasteiger partial charge in [0.1, 0.15) is 11.4 Å². The van der Waals surface area contributed by atoms with Gasteiger partial charge in [0.2, 0.25) is 5.95 Å². The molecule has 2 aromatic rings. The zero-order chi connectivity index (χ0) is 23.5. The van der Waals surface area contributed by atoms with Gasteiger partial charge in [0, 0.05) is 37.9 Å². The third-order valence-corrected chi connectivity index (χ3v) is 5.15. The summed E-state index contributed by atoms with van der Waals surface area (Å²) in [5, 5.41) is 0. The van der Waals surface area contributed by atoms with Crippen LogP contribution < -0.4 is 9.64 Å². The lowest BCUT2D eigenvalue weighted by Gasteiger charge is -2.35. The van der Waals surface area contributed by atoms with Crippen LogP contribution in [-0.4, -0.2) is 58.8 Å². The second-order valence-corrected chi connectivity index (χ2v) is 9.77. The normalized spacial score (nSPS) is 14.8. The van der Waals surface area contributed by atoms with Gasteiger partial charge in [-0.25, -0.2) is 14.8 Å². The monoisotopic (exact) mass is 440 g/mol. The van der Waals surface area contributed by atoms with Crippen molar-refractivity contribution in [3.05, 3.63) is 36.0 Å². The van der Waals surface area contributed by atoms with E-state index in [1.807, 2.05) is 46.8 Å². The van der Waals surface area contributed by atoms with Crippen LogP contribution in [0.5, 0.6) is 5.75 Å². The van der Waals surface area contributed by atoms with E-state index in [9.17, 15) is 4.79 Å². The maximum Gasteiger partial charge on any atom is 0.410 e. The number of carbonyl (C=O) groups is 1. The summed E-state index contributed by atoms with van der Waals surface area (Å²) >= 11 is 0. The number of ether oxygens (including phenoxy) is 2. The molecule has 0 bridgehead atoms. The van der Waals surface area contributed by atoms with Crippen LogP contribution in [0.25, 0.3) is 11.3 Å². The Labute approximate surface area is 191 Å². The van der Waals surface area contributed by atoms with Crippen molar-refractivity contribution in [2.75, 3.05) is 31.1 Å². The van der Waals surface area contributed by atoms with Crippen molar-refractivity contribution in [3.63, 3.8) is 0 Å². The van der Waals surface area contributed by atoms with Crippen LogP contribution in [0.2, 0.25) is 0 Å². The first-order valence-electron chi connectivity index (χ1n) is 11.4. The zero-order valence-electron chi connectivity index (χ0n) is 20.4. The summed E-state index contributed by atoms with van der Waals surface area (Å²) in [6.07, 6.45) is 1.66. The molecule has 0 N–H and O–H groups in total. The Bertz CT molecular complexity index is 929. The van der Waals surface area contributed by atoms with Crippen LogP contribution in [0.4, 0.5) is 10.7 Å². The third kappa shape index (κ3) is 6.11. The van der Waals surface area contributed by atoms with Gasteiger partial charge < -0.3 is 19.3 Å². The van der Waals surface area contributed by atoms with Crippen molar-refractivity contribution in [1.29, 1.82) is 0 Å². The highest BCUT2D eigenvalue weighted by atomic mass is 16.6. The van der Waals surface area contributed by atoms with Gasteiger partial charge in [-0.15, -0.1) is 0 Å². The smallest absolute Gasteiger partial charge is 0.410 e. The molecule has 0 unspecified atom stereocenters. The molecule has 0 saturated carbocycles. The molecule has 1 saturated heterocycles.